The molecule has 2 spiro atoms. The zero-order valence-corrected chi connectivity index (χ0v) is 28.6. The maximum absolute atomic E-state index is 13.1. The van der Waals surface area contributed by atoms with Crippen LogP contribution in [0.1, 0.15) is 98.8 Å². The van der Waals surface area contributed by atoms with Crippen LogP contribution in [0.4, 0.5) is 4.79 Å². The Labute approximate surface area is 274 Å². The van der Waals surface area contributed by atoms with Crippen LogP contribution in [0.5, 0.6) is 6.01 Å². The largest absolute Gasteiger partial charge is 0.454 e. The van der Waals surface area contributed by atoms with E-state index in [9.17, 15) is 9.90 Å². The topological polar surface area (TPSA) is 103 Å². The molecule has 11 unspecified atom stereocenters. The van der Waals surface area contributed by atoms with Gasteiger partial charge in [-0.2, -0.15) is 0 Å². The van der Waals surface area contributed by atoms with Crippen molar-refractivity contribution in [2.45, 2.75) is 129 Å². The van der Waals surface area contributed by atoms with Crippen molar-refractivity contribution in [1.82, 2.24) is 14.9 Å². The molecule has 1 aromatic heterocycles. The van der Waals surface area contributed by atoms with Crippen LogP contribution in [0, 0.1) is 45.3 Å². The highest BCUT2D eigenvalue weighted by atomic mass is 16.6. The van der Waals surface area contributed by atoms with E-state index in [1.54, 1.807) is 32.3 Å². The zero-order chi connectivity index (χ0) is 32.1. The molecule has 1 amide bonds. The summed E-state index contributed by atoms with van der Waals surface area (Å²) in [5, 5.41) is 11.2. The van der Waals surface area contributed by atoms with E-state index in [0.29, 0.717) is 66.3 Å². The first-order valence-electron chi connectivity index (χ1n) is 18.2. The lowest BCUT2D eigenvalue weighted by Gasteiger charge is -2.59. The summed E-state index contributed by atoms with van der Waals surface area (Å²) in [6.45, 7) is 13.5. The molecule has 5 aliphatic carbocycles. The molecule has 1 N–H and O–H groups in total. The minimum atomic E-state index is -1.09. The molecule has 2 aliphatic heterocycles. The predicted molar refractivity (Wildman–Crippen MR) is 171 cm³/mol. The van der Waals surface area contributed by atoms with Crippen LogP contribution in [0.15, 0.2) is 18.5 Å². The fourth-order valence-electron chi connectivity index (χ4n) is 12.8. The highest BCUT2D eigenvalue weighted by Gasteiger charge is 2.81. The molecule has 8 rings (SSSR count). The van der Waals surface area contributed by atoms with E-state index in [-0.39, 0.29) is 29.8 Å². The molecule has 11 atom stereocenters. The number of aliphatic hydroxyl groups is 1. The van der Waals surface area contributed by atoms with Crippen molar-refractivity contribution in [3.63, 3.8) is 0 Å². The summed E-state index contributed by atoms with van der Waals surface area (Å²) in [5.74, 6) is 2.58. The van der Waals surface area contributed by atoms with E-state index in [4.69, 9.17) is 18.9 Å². The summed E-state index contributed by atoms with van der Waals surface area (Å²) >= 11 is 0. The second-order valence-electron chi connectivity index (χ2n) is 17.5. The summed E-state index contributed by atoms with van der Waals surface area (Å²) in [6, 6.07) is 2.06. The average molecular weight is 638 g/mol. The Morgan fingerprint density at radius 2 is 1.72 bits per heavy atom. The molecule has 0 radical (unpaired) electrons. The summed E-state index contributed by atoms with van der Waals surface area (Å²) in [6.07, 6.45) is 14.4. The van der Waals surface area contributed by atoms with Gasteiger partial charge in [0.25, 0.3) is 0 Å². The molecule has 2 saturated heterocycles. The van der Waals surface area contributed by atoms with Crippen LogP contribution < -0.4 is 4.74 Å². The van der Waals surface area contributed by atoms with Crippen LogP contribution >= 0.6 is 0 Å². The van der Waals surface area contributed by atoms with E-state index in [0.717, 1.165) is 31.6 Å². The molecule has 9 heteroatoms. The lowest BCUT2D eigenvalue weighted by molar-refractivity contribution is -0.170. The van der Waals surface area contributed by atoms with Crippen molar-refractivity contribution in [2.75, 3.05) is 26.3 Å². The third kappa shape index (κ3) is 4.60. The number of hydrogen-bond donors (Lipinski definition) is 1. The first kappa shape index (κ1) is 31.3. The lowest BCUT2D eigenvalue weighted by atomic mass is 9.46. The molecule has 0 aromatic carbocycles. The van der Waals surface area contributed by atoms with Crippen molar-refractivity contribution in [3.05, 3.63) is 18.5 Å². The maximum atomic E-state index is 13.1. The number of morpholine rings is 1. The monoisotopic (exact) mass is 637 g/mol. The Kier molecular flexibility index (Phi) is 7.33. The van der Waals surface area contributed by atoms with Gasteiger partial charge in [-0.05, 0) is 124 Å². The minimum Gasteiger partial charge on any atom is -0.454 e. The summed E-state index contributed by atoms with van der Waals surface area (Å²) < 4.78 is 25.0. The first-order valence-corrected chi connectivity index (χ1v) is 18.2. The van der Waals surface area contributed by atoms with Gasteiger partial charge < -0.3 is 29.0 Å². The molecule has 7 fully saturated rings. The molecule has 5 saturated carbocycles. The Balaban J connectivity index is 0.980. The number of carbonyl (C=O) groups is 1. The standard InChI is InChI=1S/C37H55N3O6/c1-33(2)28-10-8-23-25-21-27-24(7-9-26(44-27)30(34(3,4)42)46-31-38-15-6-16-39-31)35(25,5)13-14-36(23)22-37(28,36)12-11-29(33)45-32(41)40-17-19-43-20-18-40/h6,15-16,23-30,42H,7-14,17-22H2,1-5H3. The Morgan fingerprint density at radius 1 is 0.978 bits per heavy atom. The van der Waals surface area contributed by atoms with Crippen molar-refractivity contribution in [3.8, 4) is 6.01 Å². The number of amides is 1. The summed E-state index contributed by atoms with van der Waals surface area (Å²) in [4.78, 5) is 23.5. The molecule has 7 aliphatic rings. The van der Waals surface area contributed by atoms with Crippen LogP contribution in [0.25, 0.3) is 0 Å². The number of nitrogens with zero attached hydrogens (tertiary/aromatic N) is 3. The summed E-state index contributed by atoms with van der Waals surface area (Å²) in [7, 11) is 0. The fraction of sp³-hybridized carbons (Fsp3) is 0.865. The van der Waals surface area contributed by atoms with Gasteiger partial charge in [0.05, 0.1) is 31.0 Å². The first-order chi connectivity index (χ1) is 21.9. The number of fused-ring (bicyclic) bond motifs is 4. The minimum absolute atomic E-state index is 0.0200. The molecule has 1 aromatic rings. The molecule has 254 valence electrons. The molecule has 9 nitrogen and oxygen atoms in total. The second kappa shape index (κ2) is 10.8. The smallest absolute Gasteiger partial charge is 0.410 e. The highest BCUT2D eigenvalue weighted by Crippen LogP contribution is 2.87. The fourth-order valence-corrected chi connectivity index (χ4v) is 12.8. The SMILES string of the molecule is CC(C)(O)C(Oc1ncccn1)C1CCC2C(CC3C4CCC5C(C)(C)C(OC(=O)N6CCOCC6)CCC56CC46CCC23C)O1. The molecular formula is C37H55N3O6. The van der Waals surface area contributed by atoms with Crippen LogP contribution in [0.2, 0.25) is 0 Å². The van der Waals surface area contributed by atoms with Gasteiger partial charge in [0.15, 0.2) is 6.10 Å². The third-order valence-electron chi connectivity index (χ3n) is 14.9. The predicted octanol–water partition coefficient (Wildman–Crippen LogP) is 6.04. The van der Waals surface area contributed by atoms with E-state index in [2.05, 4.69) is 30.7 Å². The number of hydrogen-bond acceptors (Lipinski definition) is 8. The molecule has 3 heterocycles. The quantitative estimate of drug-likeness (QED) is 0.417. The van der Waals surface area contributed by atoms with Gasteiger partial charge >= 0.3 is 12.1 Å². The van der Waals surface area contributed by atoms with Gasteiger partial charge in [0.2, 0.25) is 0 Å². The highest BCUT2D eigenvalue weighted by molar-refractivity contribution is 5.68. The maximum Gasteiger partial charge on any atom is 0.410 e. The van der Waals surface area contributed by atoms with E-state index in [1.165, 1.54) is 38.5 Å². The van der Waals surface area contributed by atoms with Crippen molar-refractivity contribution in [2.24, 2.45) is 45.3 Å². The zero-order valence-electron chi connectivity index (χ0n) is 28.6. The Hall–Kier alpha value is -1.97. The number of rotatable bonds is 5. The van der Waals surface area contributed by atoms with Crippen molar-refractivity contribution >= 4 is 6.09 Å². The van der Waals surface area contributed by atoms with Gasteiger partial charge in [0.1, 0.15) is 6.10 Å². The average Bonchev–Trinajstić information content (AvgIpc) is 3.61. The van der Waals surface area contributed by atoms with Crippen LogP contribution in [-0.2, 0) is 14.2 Å². The van der Waals surface area contributed by atoms with Crippen molar-refractivity contribution in [1.29, 1.82) is 0 Å². The lowest BCUT2D eigenvalue weighted by Crippen LogP contribution is -2.56. The normalized spacial score (nSPS) is 44.8. The molecule has 0 bridgehead atoms. The Bertz CT molecular complexity index is 1310. The second-order valence-corrected chi connectivity index (χ2v) is 17.5. The number of ether oxygens (including phenoxy) is 4. The van der Waals surface area contributed by atoms with Gasteiger partial charge in [-0.15, -0.1) is 0 Å². The third-order valence-corrected chi connectivity index (χ3v) is 14.9. The number of aromatic nitrogens is 2. The molecule has 46 heavy (non-hydrogen) atoms. The van der Waals surface area contributed by atoms with Gasteiger partial charge in [-0.3, -0.25) is 0 Å². The van der Waals surface area contributed by atoms with Crippen LogP contribution in [-0.4, -0.2) is 82.4 Å². The van der Waals surface area contributed by atoms with Gasteiger partial charge in [0, 0.05) is 30.9 Å². The number of carbonyl (C=O) groups excluding carboxylic acids is 1. The molecular weight excluding hydrogens is 582 g/mol. The summed E-state index contributed by atoms with van der Waals surface area (Å²) in [5.41, 5.74) is 0.0271. The van der Waals surface area contributed by atoms with E-state index >= 15 is 0 Å². The van der Waals surface area contributed by atoms with E-state index < -0.39 is 11.7 Å². The van der Waals surface area contributed by atoms with Crippen molar-refractivity contribution < 1.29 is 28.8 Å². The Morgan fingerprint density at radius 3 is 2.46 bits per heavy atom. The van der Waals surface area contributed by atoms with E-state index in [1.807, 2.05) is 4.90 Å². The van der Waals surface area contributed by atoms with Gasteiger partial charge in [-0.1, -0.05) is 20.8 Å². The van der Waals surface area contributed by atoms with Crippen LogP contribution in [0.3, 0.4) is 0 Å². The van der Waals surface area contributed by atoms with Gasteiger partial charge in [-0.25, -0.2) is 14.8 Å².